The normalized spacial score (nSPS) is 16.5. The summed E-state index contributed by atoms with van der Waals surface area (Å²) in [6, 6.07) is 4.43. The van der Waals surface area contributed by atoms with Crippen LogP contribution in [-0.2, 0) is 10.0 Å². The first-order valence-corrected chi connectivity index (χ1v) is 11.6. The molecular formula is C18H27ClN2O3S2. The van der Waals surface area contributed by atoms with Crippen LogP contribution in [0.15, 0.2) is 23.1 Å². The lowest BCUT2D eigenvalue weighted by Crippen LogP contribution is -2.36. The standard InChI is InChI=1S/C18H27ClN2O3S2/c1-18(2,3)25-12-9-20-17(22)14-7-8-15(19)16(13-14)26(23,24)21-10-5-4-6-11-21/h7-8,13H,4-6,9-12H2,1-3H3,(H,20,22). The third-order valence-corrected chi connectivity index (χ3v) is 7.70. The van der Waals surface area contributed by atoms with Crippen LogP contribution < -0.4 is 5.32 Å². The highest BCUT2D eigenvalue weighted by Crippen LogP contribution is 2.28. The zero-order valence-corrected chi connectivity index (χ0v) is 17.9. The Morgan fingerprint density at radius 1 is 1.23 bits per heavy atom. The molecule has 1 aliphatic heterocycles. The molecule has 0 radical (unpaired) electrons. The van der Waals surface area contributed by atoms with Crippen LogP contribution in [0.2, 0.25) is 5.02 Å². The Morgan fingerprint density at radius 2 is 1.88 bits per heavy atom. The van der Waals surface area contributed by atoms with Gasteiger partial charge in [0.1, 0.15) is 4.90 Å². The van der Waals surface area contributed by atoms with E-state index in [4.69, 9.17) is 11.6 Å². The zero-order valence-electron chi connectivity index (χ0n) is 15.5. The number of piperidine rings is 1. The van der Waals surface area contributed by atoms with Crippen molar-refractivity contribution in [3.05, 3.63) is 28.8 Å². The number of benzene rings is 1. The van der Waals surface area contributed by atoms with Gasteiger partial charge in [-0.05, 0) is 31.0 Å². The van der Waals surface area contributed by atoms with Crippen molar-refractivity contribution < 1.29 is 13.2 Å². The van der Waals surface area contributed by atoms with E-state index in [0.717, 1.165) is 25.0 Å². The van der Waals surface area contributed by atoms with E-state index in [1.54, 1.807) is 17.8 Å². The number of carbonyl (C=O) groups is 1. The van der Waals surface area contributed by atoms with Gasteiger partial charge in [0.25, 0.3) is 5.91 Å². The molecular weight excluding hydrogens is 392 g/mol. The number of halogens is 1. The maximum atomic E-state index is 12.9. The van der Waals surface area contributed by atoms with Crippen molar-refractivity contribution in [3.63, 3.8) is 0 Å². The molecule has 8 heteroatoms. The molecule has 1 aromatic carbocycles. The topological polar surface area (TPSA) is 66.5 Å². The van der Waals surface area contributed by atoms with Crippen LogP contribution in [0.3, 0.4) is 0 Å². The molecule has 1 N–H and O–H groups in total. The third kappa shape index (κ3) is 5.87. The molecule has 146 valence electrons. The maximum absolute atomic E-state index is 12.9. The monoisotopic (exact) mass is 418 g/mol. The van der Waals surface area contributed by atoms with Crippen molar-refractivity contribution in [2.45, 2.75) is 49.7 Å². The Hall–Kier alpha value is -0.760. The van der Waals surface area contributed by atoms with Crippen LogP contribution in [0.1, 0.15) is 50.4 Å². The van der Waals surface area contributed by atoms with Crippen LogP contribution in [0.5, 0.6) is 0 Å². The van der Waals surface area contributed by atoms with Gasteiger partial charge in [0, 0.05) is 35.7 Å². The number of nitrogens with one attached hydrogen (secondary N) is 1. The molecule has 0 spiro atoms. The van der Waals surface area contributed by atoms with E-state index in [9.17, 15) is 13.2 Å². The lowest BCUT2D eigenvalue weighted by molar-refractivity contribution is 0.0956. The molecule has 1 aliphatic rings. The van der Waals surface area contributed by atoms with Crippen molar-refractivity contribution in [1.82, 2.24) is 9.62 Å². The van der Waals surface area contributed by atoms with Crippen molar-refractivity contribution >= 4 is 39.3 Å². The van der Waals surface area contributed by atoms with Crippen molar-refractivity contribution in [2.75, 3.05) is 25.4 Å². The van der Waals surface area contributed by atoms with Crippen LogP contribution >= 0.6 is 23.4 Å². The molecule has 1 fully saturated rings. The van der Waals surface area contributed by atoms with Crippen molar-refractivity contribution in [1.29, 1.82) is 0 Å². The highest BCUT2D eigenvalue weighted by molar-refractivity contribution is 8.00. The van der Waals surface area contributed by atoms with Crippen LogP contribution in [-0.4, -0.2) is 48.8 Å². The maximum Gasteiger partial charge on any atom is 0.251 e. The fraction of sp³-hybridized carbons (Fsp3) is 0.611. The molecule has 0 aromatic heterocycles. The Labute approximate surface area is 165 Å². The first-order chi connectivity index (χ1) is 12.1. The molecule has 1 saturated heterocycles. The summed E-state index contributed by atoms with van der Waals surface area (Å²) in [6.45, 7) is 7.89. The summed E-state index contributed by atoms with van der Waals surface area (Å²) in [6.07, 6.45) is 2.74. The van der Waals surface area contributed by atoms with E-state index < -0.39 is 10.0 Å². The summed E-state index contributed by atoms with van der Waals surface area (Å²) in [5.41, 5.74) is 0.311. The number of hydrogen-bond acceptors (Lipinski definition) is 4. The second kappa shape index (κ2) is 8.95. The van der Waals surface area contributed by atoms with Gasteiger partial charge < -0.3 is 5.32 Å². The summed E-state index contributed by atoms with van der Waals surface area (Å²) < 4.78 is 27.3. The van der Waals surface area contributed by atoms with E-state index in [0.29, 0.717) is 25.2 Å². The van der Waals surface area contributed by atoms with Gasteiger partial charge in [0.2, 0.25) is 10.0 Å². The van der Waals surface area contributed by atoms with Gasteiger partial charge in [-0.2, -0.15) is 16.1 Å². The molecule has 0 aliphatic carbocycles. The highest BCUT2D eigenvalue weighted by atomic mass is 35.5. The number of amides is 1. The lowest BCUT2D eigenvalue weighted by Gasteiger charge is -2.26. The predicted molar refractivity (Wildman–Crippen MR) is 109 cm³/mol. The number of hydrogen-bond donors (Lipinski definition) is 1. The Kier molecular flexibility index (Phi) is 7.42. The third-order valence-electron chi connectivity index (χ3n) is 4.05. The molecule has 1 aromatic rings. The Bertz CT molecular complexity index is 739. The second-order valence-corrected chi connectivity index (χ2v) is 11.6. The molecule has 26 heavy (non-hydrogen) atoms. The predicted octanol–water partition coefficient (Wildman–Crippen LogP) is 3.78. The molecule has 0 bridgehead atoms. The number of carbonyl (C=O) groups excluding carboxylic acids is 1. The molecule has 0 atom stereocenters. The number of thioether (sulfide) groups is 1. The fourth-order valence-electron chi connectivity index (χ4n) is 2.71. The summed E-state index contributed by atoms with van der Waals surface area (Å²) >= 11 is 7.90. The van der Waals surface area contributed by atoms with E-state index in [1.165, 1.54) is 16.4 Å². The van der Waals surface area contributed by atoms with Gasteiger partial charge in [-0.1, -0.05) is 38.8 Å². The largest absolute Gasteiger partial charge is 0.351 e. The molecule has 1 amide bonds. The summed E-state index contributed by atoms with van der Waals surface area (Å²) in [4.78, 5) is 12.4. The van der Waals surface area contributed by atoms with Gasteiger partial charge >= 0.3 is 0 Å². The van der Waals surface area contributed by atoms with E-state index in [2.05, 4.69) is 26.1 Å². The van der Waals surface area contributed by atoms with Crippen LogP contribution in [0, 0.1) is 0 Å². The average Bonchev–Trinajstić information content (AvgIpc) is 2.58. The van der Waals surface area contributed by atoms with E-state index >= 15 is 0 Å². The van der Waals surface area contributed by atoms with E-state index in [-0.39, 0.29) is 20.6 Å². The summed E-state index contributed by atoms with van der Waals surface area (Å²) in [7, 11) is -3.68. The number of rotatable bonds is 6. The quantitative estimate of drug-likeness (QED) is 0.714. The SMILES string of the molecule is CC(C)(C)SCCNC(=O)c1ccc(Cl)c(S(=O)(=O)N2CCCCC2)c1. The van der Waals surface area contributed by atoms with Crippen molar-refractivity contribution in [3.8, 4) is 0 Å². The minimum absolute atomic E-state index is 0.0118. The molecule has 5 nitrogen and oxygen atoms in total. The summed E-state index contributed by atoms with van der Waals surface area (Å²) in [5, 5.41) is 2.99. The highest BCUT2D eigenvalue weighted by Gasteiger charge is 2.28. The number of nitrogens with zero attached hydrogens (tertiary/aromatic N) is 1. The van der Waals surface area contributed by atoms with Crippen LogP contribution in [0.4, 0.5) is 0 Å². The van der Waals surface area contributed by atoms with Crippen LogP contribution in [0.25, 0.3) is 0 Å². The zero-order chi connectivity index (χ0) is 19.4. The number of sulfonamides is 1. The molecule has 1 heterocycles. The van der Waals surface area contributed by atoms with Gasteiger partial charge in [0.15, 0.2) is 0 Å². The minimum Gasteiger partial charge on any atom is -0.351 e. The first kappa shape index (κ1) is 21.5. The Balaban J connectivity index is 2.10. The summed E-state index contributed by atoms with van der Waals surface area (Å²) in [5.74, 6) is 0.508. The fourth-order valence-corrected chi connectivity index (χ4v) is 5.54. The second-order valence-electron chi connectivity index (χ2n) is 7.33. The van der Waals surface area contributed by atoms with Crippen molar-refractivity contribution in [2.24, 2.45) is 0 Å². The first-order valence-electron chi connectivity index (χ1n) is 8.83. The van der Waals surface area contributed by atoms with Gasteiger partial charge in [-0.3, -0.25) is 4.79 Å². The minimum atomic E-state index is -3.68. The smallest absolute Gasteiger partial charge is 0.251 e. The average molecular weight is 419 g/mol. The molecule has 2 rings (SSSR count). The Morgan fingerprint density at radius 3 is 2.50 bits per heavy atom. The van der Waals surface area contributed by atoms with Gasteiger partial charge in [-0.15, -0.1) is 0 Å². The lowest BCUT2D eigenvalue weighted by atomic mass is 10.2. The van der Waals surface area contributed by atoms with E-state index in [1.807, 2.05) is 0 Å². The van der Waals surface area contributed by atoms with Gasteiger partial charge in [0.05, 0.1) is 5.02 Å². The van der Waals surface area contributed by atoms with Gasteiger partial charge in [-0.25, -0.2) is 8.42 Å². The molecule has 0 unspecified atom stereocenters. The molecule has 0 saturated carbocycles.